The highest BCUT2D eigenvalue weighted by Gasteiger charge is 2.48. The molecule has 4 aliphatic rings. The van der Waals surface area contributed by atoms with E-state index in [0.29, 0.717) is 49.0 Å². The molecule has 0 spiro atoms. The van der Waals surface area contributed by atoms with E-state index >= 15 is 0 Å². The van der Waals surface area contributed by atoms with Gasteiger partial charge in [-0.05, 0) is 44.4 Å². The van der Waals surface area contributed by atoms with Crippen molar-refractivity contribution in [1.29, 1.82) is 0 Å². The first-order valence-electron chi connectivity index (χ1n) is 14.3. The number of aryl methyl sites for hydroxylation is 1. The van der Waals surface area contributed by atoms with Gasteiger partial charge in [0.15, 0.2) is 23.8 Å². The summed E-state index contributed by atoms with van der Waals surface area (Å²) in [7, 11) is 0. The molecule has 6 rings (SSSR count). The van der Waals surface area contributed by atoms with E-state index in [1.54, 1.807) is 4.90 Å². The van der Waals surface area contributed by atoms with Crippen molar-refractivity contribution in [2.24, 2.45) is 5.92 Å². The molecular weight excluding hydrogens is 536 g/mol. The van der Waals surface area contributed by atoms with Gasteiger partial charge in [0.1, 0.15) is 29.7 Å². The Labute approximate surface area is 235 Å². The third-order valence-electron chi connectivity index (χ3n) is 8.28. The van der Waals surface area contributed by atoms with Gasteiger partial charge in [-0.2, -0.15) is 0 Å². The quantitative estimate of drug-likeness (QED) is 0.269. The predicted octanol–water partition coefficient (Wildman–Crippen LogP) is -0.634. The zero-order chi connectivity index (χ0) is 28.7. The zero-order valence-electron chi connectivity index (χ0n) is 22.6. The van der Waals surface area contributed by atoms with Crippen LogP contribution < -0.4 is 16.4 Å². The van der Waals surface area contributed by atoms with Gasteiger partial charge in [0.25, 0.3) is 5.91 Å². The lowest BCUT2D eigenvalue weighted by atomic mass is 9.91. The van der Waals surface area contributed by atoms with E-state index < -0.39 is 36.6 Å². The van der Waals surface area contributed by atoms with Gasteiger partial charge in [-0.25, -0.2) is 19.7 Å². The zero-order valence-corrected chi connectivity index (χ0v) is 22.6. The van der Waals surface area contributed by atoms with Crippen molar-refractivity contribution < 1.29 is 34.1 Å². The van der Waals surface area contributed by atoms with E-state index in [2.05, 4.69) is 25.6 Å². The first-order valence-corrected chi connectivity index (χ1v) is 14.3. The number of ether oxygens (including phenoxy) is 2. The number of likely N-dealkylation sites (tertiary alicyclic amines) is 1. The fraction of sp³-hybridized carbons (Fsp3) is 0.692. The van der Waals surface area contributed by atoms with Crippen LogP contribution in [0.2, 0.25) is 0 Å². The van der Waals surface area contributed by atoms with E-state index in [-0.39, 0.29) is 30.3 Å². The van der Waals surface area contributed by atoms with Crippen molar-refractivity contribution in [1.82, 2.24) is 35.1 Å². The number of carbonyl (C=O) groups is 3. The molecule has 3 amide bonds. The number of aromatic nitrogens is 4. The van der Waals surface area contributed by atoms with Gasteiger partial charge in [0, 0.05) is 25.6 Å². The van der Waals surface area contributed by atoms with Gasteiger partial charge >= 0.3 is 6.09 Å². The average Bonchev–Trinajstić information content (AvgIpc) is 3.38. The number of imidazole rings is 1. The number of nitrogens with one attached hydrogen (secondary N) is 2. The molecule has 3 aliphatic heterocycles. The number of carbonyl (C=O) groups excluding carboxylic acids is 3. The molecule has 6 N–H and O–H groups in total. The van der Waals surface area contributed by atoms with Gasteiger partial charge in [-0.1, -0.05) is 0 Å². The topological polar surface area (TPSA) is 207 Å². The van der Waals surface area contributed by atoms with E-state index in [4.69, 9.17) is 15.2 Å². The summed E-state index contributed by atoms with van der Waals surface area (Å²) in [6.07, 6.45) is 1.68. The van der Waals surface area contributed by atoms with Crippen molar-refractivity contribution in [3.05, 3.63) is 12.2 Å². The average molecular weight is 573 g/mol. The van der Waals surface area contributed by atoms with Crippen LogP contribution in [0.25, 0.3) is 11.2 Å². The van der Waals surface area contributed by atoms with Gasteiger partial charge in [0.05, 0.1) is 19.3 Å². The summed E-state index contributed by atoms with van der Waals surface area (Å²) >= 11 is 0. The molecule has 15 heteroatoms. The maximum atomic E-state index is 12.5. The van der Waals surface area contributed by atoms with Crippen molar-refractivity contribution in [2.45, 2.75) is 88.1 Å². The number of aliphatic hydroxyl groups excluding tert-OH is 2. The van der Waals surface area contributed by atoms with E-state index in [1.165, 1.54) is 10.9 Å². The SMILES string of the molecule is Nc1nc(CCCC2CCN(C(=O)OC3CNC(=O)C3)CC2)nc2c1ncn2[C@@H]1O[C@H](C(=O)NC2CC2)[C@H](O)C1O. The molecule has 0 aromatic carbocycles. The number of fused-ring (bicyclic) bond motifs is 1. The first kappa shape index (κ1) is 27.6. The van der Waals surface area contributed by atoms with Crippen LogP contribution >= 0.6 is 0 Å². The number of nitrogen functional groups attached to an aromatic ring is 1. The van der Waals surface area contributed by atoms with Crippen molar-refractivity contribution in [3.8, 4) is 0 Å². The Bertz CT molecular complexity index is 1310. The van der Waals surface area contributed by atoms with Crippen molar-refractivity contribution in [3.63, 3.8) is 0 Å². The second-order valence-corrected chi connectivity index (χ2v) is 11.4. The third-order valence-corrected chi connectivity index (χ3v) is 8.28. The van der Waals surface area contributed by atoms with E-state index in [1.807, 2.05) is 0 Å². The van der Waals surface area contributed by atoms with E-state index in [0.717, 1.165) is 38.5 Å². The number of hydrogen-bond acceptors (Lipinski definition) is 11. The molecule has 15 nitrogen and oxygen atoms in total. The number of rotatable bonds is 8. The molecule has 2 aromatic heterocycles. The number of piperidine rings is 1. The normalized spacial score (nSPS) is 28.7. The number of amides is 3. The molecule has 0 bridgehead atoms. The monoisotopic (exact) mass is 572 g/mol. The van der Waals surface area contributed by atoms with Crippen LogP contribution in [0.1, 0.15) is 57.0 Å². The second kappa shape index (κ2) is 11.4. The lowest BCUT2D eigenvalue weighted by molar-refractivity contribution is -0.137. The molecule has 1 aliphatic carbocycles. The Balaban J connectivity index is 1.03. The number of hydrogen-bond donors (Lipinski definition) is 5. The lowest BCUT2D eigenvalue weighted by Gasteiger charge is -2.32. The third kappa shape index (κ3) is 5.92. The molecule has 222 valence electrons. The van der Waals surface area contributed by atoms with Gasteiger partial charge < -0.3 is 41.0 Å². The number of anilines is 1. The van der Waals surface area contributed by atoms with E-state index in [9.17, 15) is 24.6 Å². The fourth-order valence-electron chi connectivity index (χ4n) is 5.73. The molecule has 5 atom stereocenters. The highest BCUT2D eigenvalue weighted by atomic mass is 16.6. The minimum absolute atomic E-state index is 0.0927. The van der Waals surface area contributed by atoms with Crippen LogP contribution in [0, 0.1) is 5.92 Å². The summed E-state index contributed by atoms with van der Waals surface area (Å²) in [6, 6.07) is 0.0927. The van der Waals surface area contributed by atoms with Crippen LogP contribution in [0.3, 0.4) is 0 Å². The summed E-state index contributed by atoms with van der Waals surface area (Å²) in [6.45, 7) is 1.59. The summed E-state index contributed by atoms with van der Waals surface area (Å²) in [5.74, 6) is 0.619. The van der Waals surface area contributed by atoms with Gasteiger partial charge in [0.2, 0.25) is 5.91 Å². The van der Waals surface area contributed by atoms with Crippen molar-refractivity contribution >= 4 is 34.9 Å². The molecule has 1 saturated carbocycles. The largest absolute Gasteiger partial charge is 0.444 e. The Kier molecular flexibility index (Phi) is 7.66. The minimum Gasteiger partial charge on any atom is -0.444 e. The first-order chi connectivity index (χ1) is 19.8. The van der Waals surface area contributed by atoms with Crippen LogP contribution in [0.4, 0.5) is 10.6 Å². The Morgan fingerprint density at radius 3 is 2.66 bits per heavy atom. The molecule has 2 aromatic rings. The van der Waals surface area contributed by atoms with Gasteiger partial charge in [-0.15, -0.1) is 0 Å². The number of nitrogens with zero attached hydrogens (tertiary/aromatic N) is 5. The maximum absolute atomic E-state index is 12.5. The molecule has 5 heterocycles. The molecule has 0 radical (unpaired) electrons. The molecule has 3 saturated heterocycles. The Hall–Kier alpha value is -3.56. The van der Waals surface area contributed by atoms with Crippen LogP contribution in [0.5, 0.6) is 0 Å². The van der Waals surface area contributed by atoms with Gasteiger partial charge in [-0.3, -0.25) is 14.2 Å². The summed E-state index contributed by atoms with van der Waals surface area (Å²) in [5, 5.41) is 26.7. The molecular formula is C26H36N8O7. The van der Waals surface area contributed by atoms with Crippen LogP contribution in [0.15, 0.2) is 6.33 Å². The summed E-state index contributed by atoms with van der Waals surface area (Å²) in [4.78, 5) is 51.3. The summed E-state index contributed by atoms with van der Waals surface area (Å²) in [5.41, 5.74) is 6.89. The fourth-order valence-corrected chi connectivity index (χ4v) is 5.73. The highest BCUT2D eigenvalue weighted by molar-refractivity contribution is 5.83. The smallest absolute Gasteiger partial charge is 0.410 e. The predicted molar refractivity (Wildman–Crippen MR) is 142 cm³/mol. The molecule has 4 fully saturated rings. The Morgan fingerprint density at radius 2 is 1.95 bits per heavy atom. The molecule has 41 heavy (non-hydrogen) atoms. The second-order valence-electron chi connectivity index (χ2n) is 11.4. The number of nitrogens with two attached hydrogens (primary N) is 1. The standard InChI is InChI=1S/C26H36N8O7/c27-22-18-23(34(12-29-18)25-20(37)19(36)21(41-25)24(38)30-14-4-5-14)32-16(31-22)3-1-2-13-6-8-33(9-7-13)26(39)40-15-10-17(35)28-11-15/h12-15,19-21,25,36-37H,1-11H2,(H,28,35)(H,30,38)(H2,27,31,32)/t15?,19-,20?,21+,25-/m1/s1. The van der Waals surface area contributed by atoms with Crippen LogP contribution in [-0.4, -0.2) is 103 Å². The Morgan fingerprint density at radius 1 is 1.17 bits per heavy atom. The van der Waals surface area contributed by atoms with Crippen LogP contribution in [-0.2, 0) is 25.5 Å². The maximum Gasteiger partial charge on any atom is 0.410 e. The van der Waals surface area contributed by atoms with Crippen molar-refractivity contribution in [2.75, 3.05) is 25.4 Å². The minimum atomic E-state index is -1.40. The lowest BCUT2D eigenvalue weighted by Crippen LogP contribution is -2.43. The number of aliphatic hydroxyl groups is 2. The highest BCUT2D eigenvalue weighted by Crippen LogP contribution is 2.33. The summed E-state index contributed by atoms with van der Waals surface area (Å²) < 4.78 is 12.7. The molecule has 2 unspecified atom stereocenters.